The molecule has 0 aliphatic carbocycles. The van der Waals surface area contributed by atoms with E-state index in [9.17, 15) is 5.53 Å². The van der Waals surface area contributed by atoms with E-state index in [-0.39, 0.29) is 0 Å². The van der Waals surface area contributed by atoms with Gasteiger partial charge in [0.2, 0.25) is 11.4 Å². The third kappa shape index (κ3) is 18.7. The molecule has 0 radical (unpaired) electrons. The Bertz CT molecular complexity index is 1340. The van der Waals surface area contributed by atoms with Gasteiger partial charge < -0.3 is 5.53 Å². The maximum absolute atomic E-state index is 11.6. The summed E-state index contributed by atoms with van der Waals surface area (Å²) in [5, 5.41) is 0. The van der Waals surface area contributed by atoms with E-state index in [4.69, 9.17) is 0 Å². The van der Waals surface area contributed by atoms with Crippen molar-refractivity contribution in [3.8, 4) is 0 Å². The lowest BCUT2D eigenvalue weighted by Crippen LogP contribution is -2.05. The second-order valence-electron chi connectivity index (χ2n) is 16.5. The van der Waals surface area contributed by atoms with E-state index < -0.39 is 0 Å². The van der Waals surface area contributed by atoms with Crippen LogP contribution in [0.25, 0.3) is 16.9 Å². The maximum Gasteiger partial charge on any atom is 0.211 e. The number of benzene rings is 2. The van der Waals surface area contributed by atoms with E-state index in [1.807, 2.05) is 0 Å². The van der Waals surface area contributed by atoms with Gasteiger partial charge in [-0.3, -0.25) is 0 Å². The molecule has 0 atom stereocenters. The van der Waals surface area contributed by atoms with Crippen molar-refractivity contribution in [2.75, 3.05) is 0 Å². The predicted octanol–water partition coefficient (Wildman–Crippen LogP) is 17.5. The first kappa shape index (κ1) is 45.6. The molecule has 0 N–H and O–H groups in total. The Labute approximate surface area is 334 Å². The van der Waals surface area contributed by atoms with Gasteiger partial charge in [0, 0.05) is 22.8 Å². The van der Waals surface area contributed by atoms with E-state index in [0.29, 0.717) is 0 Å². The molecular formula is C52H82N2. The standard InChI is InChI=1S/C52H82N2/c1-4-7-10-11-12-13-14-15-16-17-18-19-20-21-22-23-24-25-26-27-28-29-30-31-32-33-38-47-39-34-35-40-50(47)52-49(37-9-6-3)45-51(54(52)53)48-43-41-46(42-44-48)36-8-5-2/h31-32,34-35,39-45H,4-30,33,36-38H2,1-3H3. The molecule has 1 aliphatic rings. The van der Waals surface area contributed by atoms with Crippen molar-refractivity contribution < 1.29 is 4.70 Å². The van der Waals surface area contributed by atoms with Crippen LogP contribution in [0.2, 0.25) is 0 Å². The van der Waals surface area contributed by atoms with Crippen LogP contribution in [0.3, 0.4) is 0 Å². The molecule has 0 aromatic heterocycles. The van der Waals surface area contributed by atoms with Crippen LogP contribution >= 0.6 is 0 Å². The third-order valence-corrected chi connectivity index (χ3v) is 11.7. The zero-order valence-corrected chi connectivity index (χ0v) is 35.7. The Morgan fingerprint density at radius 3 is 1.46 bits per heavy atom. The fourth-order valence-electron chi connectivity index (χ4n) is 8.14. The number of aryl methyl sites for hydroxylation is 2. The number of unbranched alkanes of at least 4 members (excludes halogenated alkanes) is 24. The van der Waals surface area contributed by atoms with Crippen molar-refractivity contribution >= 4 is 11.4 Å². The van der Waals surface area contributed by atoms with Crippen LogP contribution in [-0.4, -0.2) is 4.70 Å². The van der Waals surface area contributed by atoms with Crippen LogP contribution in [0.4, 0.5) is 0 Å². The van der Waals surface area contributed by atoms with Gasteiger partial charge in [-0.1, -0.05) is 211 Å². The summed E-state index contributed by atoms with van der Waals surface area (Å²) in [6.07, 6.45) is 48.7. The predicted molar refractivity (Wildman–Crippen MR) is 239 cm³/mol. The normalized spacial score (nSPS) is 13.2. The zero-order chi connectivity index (χ0) is 38.3. The largest absolute Gasteiger partial charge is 0.493 e. The summed E-state index contributed by atoms with van der Waals surface area (Å²) >= 11 is 0. The smallest absolute Gasteiger partial charge is 0.211 e. The van der Waals surface area contributed by atoms with Gasteiger partial charge in [-0.25, -0.2) is 4.70 Å². The first-order valence-corrected chi connectivity index (χ1v) is 23.5. The molecule has 0 unspecified atom stereocenters. The Kier molecular flexibility index (Phi) is 25.8. The molecule has 0 saturated heterocycles. The van der Waals surface area contributed by atoms with E-state index in [1.54, 1.807) is 0 Å². The second kappa shape index (κ2) is 30.5. The van der Waals surface area contributed by atoms with Gasteiger partial charge in [-0.05, 0) is 80.7 Å². The third-order valence-electron chi connectivity index (χ3n) is 11.7. The summed E-state index contributed by atoms with van der Waals surface area (Å²) in [5.74, 6) is 0. The summed E-state index contributed by atoms with van der Waals surface area (Å²) in [6.45, 7) is 6.79. The molecule has 0 spiro atoms. The van der Waals surface area contributed by atoms with Crippen LogP contribution in [0.15, 0.2) is 72.3 Å². The van der Waals surface area contributed by atoms with E-state index >= 15 is 0 Å². The summed E-state index contributed by atoms with van der Waals surface area (Å²) in [4.78, 5) is 0. The zero-order valence-electron chi connectivity index (χ0n) is 35.7. The monoisotopic (exact) mass is 735 g/mol. The van der Waals surface area contributed by atoms with Crippen molar-refractivity contribution in [2.45, 2.75) is 220 Å². The second-order valence-corrected chi connectivity index (χ2v) is 16.5. The van der Waals surface area contributed by atoms with Crippen molar-refractivity contribution in [3.05, 3.63) is 100 Å². The molecular weight excluding hydrogens is 653 g/mol. The molecule has 0 amide bonds. The minimum Gasteiger partial charge on any atom is -0.493 e. The van der Waals surface area contributed by atoms with Gasteiger partial charge in [-0.15, -0.1) is 0 Å². The molecule has 2 aromatic carbocycles. The van der Waals surface area contributed by atoms with E-state index in [1.165, 1.54) is 187 Å². The summed E-state index contributed by atoms with van der Waals surface area (Å²) in [7, 11) is 0. The van der Waals surface area contributed by atoms with Gasteiger partial charge in [0.05, 0.1) is 0 Å². The first-order valence-electron chi connectivity index (χ1n) is 23.5. The van der Waals surface area contributed by atoms with E-state index in [2.05, 4.69) is 87.5 Å². The van der Waals surface area contributed by atoms with Gasteiger partial charge in [0.25, 0.3) is 0 Å². The molecule has 0 bridgehead atoms. The Hall–Kier alpha value is -2.74. The lowest BCUT2D eigenvalue weighted by atomic mass is 9.96. The fourth-order valence-corrected chi connectivity index (χ4v) is 8.14. The highest BCUT2D eigenvalue weighted by molar-refractivity contribution is 5.79. The average Bonchev–Trinajstić information content (AvgIpc) is 3.52. The molecule has 2 nitrogen and oxygen atoms in total. The molecule has 54 heavy (non-hydrogen) atoms. The molecule has 1 heterocycles. The number of nitrogens with zero attached hydrogens (tertiary/aromatic N) is 2. The highest BCUT2D eigenvalue weighted by Crippen LogP contribution is 2.39. The average molecular weight is 735 g/mol. The van der Waals surface area contributed by atoms with Crippen LogP contribution in [0.1, 0.15) is 229 Å². The van der Waals surface area contributed by atoms with Gasteiger partial charge in [-0.2, -0.15) is 0 Å². The lowest BCUT2D eigenvalue weighted by molar-refractivity contribution is -0.344. The van der Waals surface area contributed by atoms with Crippen molar-refractivity contribution in [2.24, 2.45) is 0 Å². The molecule has 2 aromatic rings. The van der Waals surface area contributed by atoms with Crippen LogP contribution in [0, 0.1) is 0 Å². The summed E-state index contributed by atoms with van der Waals surface area (Å²) in [5.41, 5.74) is 19.7. The van der Waals surface area contributed by atoms with Crippen molar-refractivity contribution in [3.63, 3.8) is 0 Å². The van der Waals surface area contributed by atoms with Crippen LogP contribution in [-0.2, 0) is 12.8 Å². The molecule has 2 heteroatoms. The minimum atomic E-state index is 0.896. The number of rotatable bonds is 34. The fraction of sp³-hybridized carbons (Fsp3) is 0.654. The Morgan fingerprint density at radius 2 is 0.926 bits per heavy atom. The first-order chi connectivity index (χ1) is 26.7. The van der Waals surface area contributed by atoms with E-state index in [0.717, 1.165) is 55.5 Å². The Balaban J connectivity index is 1.23. The molecule has 1 aliphatic heterocycles. The number of hydrogen-bond donors (Lipinski definition) is 0. The van der Waals surface area contributed by atoms with Gasteiger partial charge >= 0.3 is 0 Å². The van der Waals surface area contributed by atoms with Crippen molar-refractivity contribution in [1.29, 1.82) is 0 Å². The Morgan fingerprint density at radius 1 is 0.463 bits per heavy atom. The highest BCUT2D eigenvalue weighted by Gasteiger charge is 2.29. The lowest BCUT2D eigenvalue weighted by Gasteiger charge is -2.13. The minimum absolute atomic E-state index is 0.896. The van der Waals surface area contributed by atoms with Crippen LogP contribution in [0.5, 0.6) is 0 Å². The topological polar surface area (TPSA) is 25.3 Å². The molecule has 0 fully saturated rings. The number of hydrogen-bond acceptors (Lipinski definition) is 0. The summed E-state index contributed by atoms with van der Waals surface area (Å²) < 4.78 is 1.47. The number of allylic oxidation sites excluding steroid dienone is 4. The van der Waals surface area contributed by atoms with Gasteiger partial charge in [0.15, 0.2) is 0 Å². The highest BCUT2D eigenvalue weighted by atomic mass is 15.2. The quantitative estimate of drug-likeness (QED) is 0.0389. The summed E-state index contributed by atoms with van der Waals surface area (Å²) in [6, 6.07) is 17.5. The molecule has 300 valence electrons. The maximum atomic E-state index is 11.6. The van der Waals surface area contributed by atoms with Gasteiger partial charge in [0.1, 0.15) is 0 Å². The van der Waals surface area contributed by atoms with Crippen molar-refractivity contribution in [1.82, 2.24) is 0 Å². The molecule has 3 rings (SSSR count). The SMILES string of the molecule is CCCCCCCCCCCCCCCCCCCCCCCCC=CCCc1ccccc1C1=C(CCCC)C=C(c2ccc(CCCC)cc2)[N+]1=[N-]. The molecule has 0 saturated carbocycles. The van der Waals surface area contributed by atoms with Crippen LogP contribution < -0.4 is 0 Å².